The summed E-state index contributed by atoms with van der Waals surface area (Å²) in [7, 11) is 3.30. The summed E-state index contributed by atoms with van der Waals surface area (Å²) in [6.07, 6.45) is 5.56. The zero-order valence-electron chi connectivity index (χ0n) is 14.7. The van der Waals surface area contributed by atoms with E-state index in [0.29, 0.717) is 6.54 Å². The van der Waals surface area contributed by atoms with Gasteiger partial charge >= 0.3 is 0 Å². The van der Waals surface area contributed by atoms with Crippen LogP contribution in [0.5, 0.6) is 11.5 Å². The summed E-state index contributed by atoms with van der Waals surface area (Å²) in [5, 5.41) is 3.41. The van der Waals surface area contributed by atoms with Gasteiger partial charge in [-0.05, 0) is 24.6 Å². The van der Waals surface area contributed by atoms with Crippen LogP contribution in [0, 0.1) is 6.92 Å². The highest BCUT2D eigenvalue weighted by molar-refractivity contribution is 5.46. The van der Waals surface area contributed by atoms with Crippen molar-refractivity contribution in [2.75, 3.05) is 14.2 Å². The SMILES string of the molecule is COc1cccc(CNCc2ccc(-n3ccnc3C)nc2)c1OC. The van der Waals surface area contributed by atoms with Gasteiger partial charge in [-0.3, -0.25) is 4.57 Å². The second-order valence-electron chi connectivity index (χ2n) is 5.63. The summed E-state index contributed by atoms with van der Waals surface area (Å²) < 4.78 is 12.7. The molecule has 0 bridgehead atoms. The highest BCUT2D eigenvalue weighted by atomic mass is 16.5. The number of hydrogen-bond acceptors (Lipinski definition) is 5. The summed E-state index contributed by atoms with van der Waals surface area (Å²) in [5.41, 5.74) is 2.17. The number of ether oxygens (including phenoxy) is 2. The Labute approximate surface area is 147 Å². The van der Waals surface area contributed by atoms with Crippen LogP contribution >= 0.6 is 0 Å². The molecular formula is C19H22N4O2. The van der Waals surface area contributed by atoms with Gasteiger partial charge in [-0.2, -0.15) is 0 Å². The van der Waals surface area contributed by atoms with Gasteiger partial charge in [0.1, 0.15) is 11.6 Å². The Bertz CT molecular complexity index is 828. The average Bonchev–Trinajstić information content (AvgIpc) is 3.08. The maximum Gasteiger partial charge on any atom is 0.165 e. The van der Waals surface area contributed by atoms with Gasteiger partial charge in [-0.15, -0.1) is 0 Å². The third kappa shape index (κ3) is 3.80. The second kappa shape index (κ2) is 7.81. The zero-order chi connectivity index (χ0) is 17.6. The fraction of sp³-hybridized carbons (Fsp3) is 0.263. The first kappa shape index (κ1) is 17.0. The number of rotatable bonds is 7. The minimum atomic E-state index is 0.683. The normalized spacial score (nSPS) is 10.7. The van der Waals surface area contributed by atoms with Gasteiger partial charge in [0.05, 0.1) is 14.2 Å². The lowest BCUT2D eigenvalue weighted by atomic mass is 10.1. The molecule has 0 aliphatic heterocycles. The number of hydrogen-bond donors (Lipinski definition) is 1. The van der Waals surface area contributed by atoms with Gasteiger partial charge in [0, 0.05) is 37.2 Å². The summed E-state index contributed by atoms with van der Waals surface area (Å²) in [4.78, 5) is 8.72. The third-order valence-electron chi connectivity index (χ3n) is 4.01. The standard InChI is InChI=1S/C19H22N4O2/c1-14-21-9-10-23(14)18-8-7-15(12-22-18)11-20-13-16-5-4-6-17(24-2)19(16)25-3/h4-10,12,20H,11,13H2,1-3H3. The van der Waals surface area contributed by atoms with E-state index in [1.807, 2.05) is 48.1 Å². The van der Waals surface area contributed by atoms with Gasteiger partial charge in [0.2, 0.25) is 0 Å². The number of aromatic nitrogens is 3. The number of imidazole rings is 1. The maximum atomic E-state index is 5.45. The number of methoxy groups -OCH3 is 2. The molecule has 0 saturated heterocycles. The smallest absolute Gasteiger partial charge is 0.165 e. The molecule has 2 aromatic heterocycles. The Morgan fingerprint density at radius 3 is 2.56 bits per heavy atom. The van der Waals surface area contributed by atoms with Crippen molar-refractivity contribution >= 4 is 0 Å². The fourth-order valence-corrected chi connectivity index (χ4v) is 2.72. The van der Waals surface area contributed by atoms with E-state index >= 15 is 0 Å². The van der Waals surface area contributed by atoms with E-state index < -0.39 is 0 Å². The topological polar surface area (TPSA) is 61.2 Å². The minimum Gasteiger partial charge on any atom is -0.493 e. The van der Waals surface area contributed by atoms with Crippen LogP contribution in [0.4, 0.5) is 0 Å². The van der Waals surface area contributed by atoms with Crippen LogP contribution in [-0.4, -0.2) is 28.8 Å². The first-order valence-corrected chi connectivity index (χ1v) is 8.08. The largest absolute Gasteiger partial charge is 0.493 e. The van der Waals surface area contributed by atoms with Gasteiger partial charge < -0.3 is 14.8 Å². The highest BCUT2D eigenvalue weighted by Gasteiger charge is 2.09. The van der Waals surface area contributed by atoms with E-state index in [2.05, 4.69) is 21.4 Å². The number of nitrogens with zero attached hydrogens (tertiary/aromatic N) is 3. The van der Waals surface area contributed by atoms with Crippen molar-refractivity contribution in [3.05, 3.63) is 65.9 Å². The van der Waals surface area contributed by atoms with E-state index in [9.17, 15) is 0 Å². The zero-order valence-corrected chi connectivity index (χ0v) is 14.7. The van der Waals surface area contributed by atoms with E-state index in [1.54, 1.807) is 20.4 Å². The number of nitrogens with one attached hydrogen (secondary N) is 1. The molecule has 6 nitrogen and oxygen atoms in total. The van der Waals surface area contributed by atoms with Crippen LogP contribution in [-0.2, 0) is 13.1 Å². The molecule has 0 saturated carbocycles. The Balaban J connectivity index is 1.62. The first-order valence-electron chi connectivity index (χ1n) is 8.08. The molecule has 0 amide bonds. The summed E-state index contributed by atoms with van der Waals surface area (Å²) in [6, 6.07) is 9.94. The highest BCUT2D eigenvalue weighted by Crippen LogP contribution is 2.30. The molecule has 6 heteroatoms. The summed E-state index contributed by atoms with van der Waals surface area (Å²) >= 11 is 0. The van der Waals surface area contributed by atoms with Crippen molar-refractivity contribution in [2.45, 2.75) is 20.0 Å². The number of aryl methyl sites for hydroxylation is 1. The molecule has 0 radical (unpaired) electrons. The molecular weight excluding hydrogens is 316 g/mol. The molecule has 3 aromatic rings. The van der Waals surface area contributed by atoms with Crippen LogP contribution in [0.2, 0.25) is 0 Å². The van der Waals surface area contributed by atoms with Gasteiger partial charge in [0.15, 0.2) is 11.5 Å². The average molecular weight is 338 g/mol. The van der Waals surface area contributed by atoms with Crippen molar-refractivity contribution in [3.63, 3.8) is 0 Å². The Morgan fingerprint density at radius 1 is 1.04 bits per heavy atom. The van der Waals surface area contributed by atoms with Gasteiger partial charge in [-0.25, -0.2) is 9.97 Å². The molecule has 3 rings (SSSR count). The number of pyridine rings is 1. The third-order valence-corrected chi connectivity index (χ3v) is 4.01. The van der Waals surface area contributed by atoms with E-state index in [0.717, 1.165) is 40.8 Å². The molecule has 0 spiro atoms. The monoisotopic (exact) mass is 338 g/mol. The molecule has 1 aromatic carbocycles. The number of para-hydroxylation sites is 1. The molecule has 0 unspecified atom stereocenters. The van der Waals surface area contributed by atoms with Crippen molar-refractivity contribution < 1.29 is 9.47 Å². The van der Waals surface area contributed by atoms with Gasteiger partial charge in [0.25, 0.3) is 0 Å². The molecule has 0 atom stereocenters. The van der Waals surface area contributed by atoms with Crippen LogP contribution < -0.4 is 14.8 Å². The lowest BCUT2D eigenvalue weighted by Gasteiger charge is -2.13. The predicted molar refractivity (Wildman–Crippen MR) is 96.2 cm³/mol. The van der Waals surface area contributed by atoms with Crippen molar-refractivity contribution in [2.24, 2.45) is 0 Å². The van der Waals surface area contributed by atoms with Gasteiger partial charge in [-0.1, -0.05) is 18.2 Å². The van der Waals surface area contributed by atoms with Crippen LogP contribution in [0.15, 0.2) is 48.9 Å². The van der Waals surface area contributed by atoms with Crippen LogP contribution in [0.3, 0.4) is 0 Å². The Kier molecular flexibility index (Phi) is 5.30. The molecule has 0 fully saturated rings. The summed E-state index contributed by atoms with van der Waals surface area (Å²) in [5.74, 6) is 3.29. The predicted octanol–water partition coefficient (Wildman–Crippen LogP) is 2.88. The lowest BCUT2D eigenvalue weighted by molar-refractivity contribution is 0.350. The van der Waals surface area contributed by atoms with Crippen molar-refractivity contribution in [1.82, 2.24) is 19.9 Å². The maximum absolute atomic E-state index is 5.45. The second-order valence-corrected chi connectivity index (χ2v) is 5.63. The van der Waals surface area contributed by atoms with Crippen LogP contribution in [0.25, 0.3) is 5.82 Å². The molecule has 0 aliphatic carbocycles. The minimum absolute atomic E-state index is 0.683. The number of benzene rings is 1. The molecule has 1 N–H and O–H groups in total. The van der Waals surface area contributed by atoms with E-state index in [1.165, 1.54) is 0 Å². The molecule has 2 heterocycles. The molecule has 25 heavy (non-hydrogen) atoms. The summed E-state index contributed by atoms with van der Waals surface area (Å²) in [6.45, 7) is 3.36. The van der Waals surface area contributed by atoms with Crippen LogP contribution in [0.1, 0.15) is 17.0 Å². The van der Waals surface area contributed by atoms with Crippen molar-refractivity contribution in [3.8, 4) is 17.3 Å². The quantitative estimate of drug-likeness (QED) is 0.718. The molecule has 130 valence electrons. The van der Waals surface area contributed by atoms with E-state index in [-0.39, 0.29) is 0 Å². The Hall–Kier alpha value is -2.86. The van der Waals surface area contributed by atoms with Crippen molar-refractivity contribution in [1.29, 1.82) is 0 Å². The first-order chi connectivity index (χ1) is 12.2. The molecule has 0 aliphatic rings. The lowest BCUT2D eigenvalue weighted by Crippen LogP contribution is -2.14. The van der Waals surface area contributed by atoms with E-state index in [4.69, 9.17) is 9.47 Å². The fourth-order valence-electron chi connectivity index (χ4n) is 2.72. The Morgan fingerprint density at radius 2 is 1.92 bits per heavy atom.